The molecule has 248 valence electrons. The van der Waals surface area contributed by atoms with E-state index < -0.39 is 11.7 Å². The Morgan fingerprint density at radius 3 is 2.62 bits per heavy atom. The standard InChI is InChI=1S/C36H43ClN6O4/c1-35(2,3)47-34(44)43-19-18-41(21-25(43)12-15-38)32-27-22-45-30(26-10-4-8-24-9-5-11-28(37)31(24)26)20-29(27)39-33(40-32)46-23-36-13-6-16-42(36)17-7-14-36/h4-5,8-11,25,30H,6-7,12-14,16-23H2,1-3H3/t25-,30?/m0/s1. The van der Waals surface area contributed by atoms with Gasteiger partial charge in [-0.25, -0.2) is 4.79 Å². The van der Waals surface area contributed by atoms with Gasteiger partial charge in [-0.2, -0.15) is 15.2 Å². The average molecular weight is 659 g/mol. The van der Waals surface area contributed by atoms with Crippen molar-refractivity contribution in [3.8, 4) is 12.1 Å². The van der Waals surface area contributed by atoms with Crippen LogP contribution in [0.1, 0.15) is 75.8 Å². The third-order valence-electron chi connectivity index (χ3n) is 10.1. The Morgan fingerprint density at radius 1 is 1.11 bits per heavy atom. The van der Waals surface area contributed by atoms with Gasteiger partial charge in [0.1, 0.15) is 18.0 Å². The van der Waals surface area contributed by atoms with Crippen LogP contribution in [0.25, 0.3) is 10.8 Å². The van der Waals surface area contributed by atoms with Gasteiger partial charge in [0.05, 0.1) is 42.5 Å². The molecule has 0 radical (unpaired) electrons. The zero-order valence-electron chi connectivity index (χ0n) is 27.5. The third-order valence-corrected chi connectivity index (χ3v) is 10.4. The maximum atomic E-state index is 13.1. The van der Waals surface area contributed by atoms with Crippen molar-refractivity contribution in [1.82, 2.24) is 19.8 Å². The zero-order chi connectivity index (χ0) is 32.8. The molecule has 3 fully saturated rings. The van der Waals surface area contributed by atoms with E-state index in [1.807, 2.05) is 39.0 Å². The van der Waals surface area contributed by atoms with Gasteiger partial charge in [0, 0.05) is 42.0 Å². The summed E-state index contributed by atoms with van der Waals surface area (Å²) in [5.74, 6) is 0.749. The molecule has 5 heterocycles. The van der Waals surface area contributed by atoms with Crippen LogP contribution in [0.5, 0.6) is 6.01 Å². The number of anilines is 1. The summed E-state index contributed by atoms with van der Waals surface area (Å²) >= 11 is 6.72. The molecule has 10 nitrogen and oxygen atoms in total. The van der Waals surface area contributed by atoms with Gasteiger partial charge in [-0.15, -0.1) is 0 Å². The van der Waals surface area contributed by atoms with Crippen molar-refractivity contribution in [2.45, 2.75) is 89.2 Å². The van der Waals surface area contributed by atoms with E-state index in [1.165, 1.54) is 12.8 Å². The highest BCUT2D eigenvalue weighted by Crippen LogP contribution is 2.41. The van der Waals surface area contributed by atoms with Crippen LogP contribution in [-0.2, 0) is 22.5 Å². The fourth-order valence-electron chi connectivity index (χ4n) is 7.90. The molecule has 1 unspecified atom stereocenters. The number of nitriles is 1. The number of aromatic nitrogens is 2. The highest BCUT2D eigenvalue weighted by molar-refractivity contribution is 6.35. The number of hydrogen-bond donors (Lipinski definition) is 0. The predicted molar refractivity (Wildman–Crippen MR) is 180 cm³/mol. The van der Waals surface area contributed by atoms with Crippen LogP contribution in [0.2, 0.25) is 5.02 Å². The minimum absolute atomic E-state index is 0.0573. The smallest absolute Gasteiger partial charge is 0.410 e. The number of benzene rings is 2. The summed E-state index contributed by atoms with van der Waals surface area (Å²) in [5, 5.41) is 12.5. The van der Waals surface area contributed by atoms with Crippen molar-refractivity contribution >= 4 is 34.3 Å². The van der Waals surface area contributed by atoms with Crippen molar-refractivity contribution in [1.29, 1.82) is 5.26 Å². The van der Waals surface area contributed by atoms with Crippen LogP contribution in [0, 0.1) is 11.3 Å². The molecule has 0 N–H and O–H groups in total. The summed E-state index contributed by atoms with van der Waals surface area (Å²) in [5.41, 5.74) is 2.28. The molecule has 4 aliphatic heterocycles. The monoisotopic (exact) mass is 658 g/mol. The Hall–Kier alpha value is -3.65. The molecule has 3 saturated heterocycles. The van der Waals surface area contributed by atoms with E-state index in [0.717, 1.165) is 59.3 Å². The van der Waals surface area contributed by atoms with Crippen molar-refractivity contribution in [3.63, 3.8) is 0 Å². The fourth-order valence-corrected chi connectivity index (χ4v) is 8.19. The summed E-state index contributed by atoms with van der Waals surface area (Å²) in [7, 11) is 0. The molecule has 4 aliphatic rings. The van der Waals surface area contributed by atoms with Crippen molar-refractivity contribution < 1.29 is 19.0 Å². The van der Waals surface area contributed by atoms with E-state index in [9.17, 15) is 10.1 Å². The summed E-state index contributed by atoms with van der Waals surface area (Å²) < 4.78 is 18.8. The minimum Gasteiger partial charge on any atom is -0.461 e. The molecule has 3 aromatic rings. The predicted octanol–water partition coefficient (Wildman–Crippen LogP) is 6.44. The Labute approximate surface area is 281 Å². The van der Waals surface area contributed by atoms with E-state index in [1.54, 1.807) is 4.90 Å². The molecular weight excluding hydrogens is 616 g/mol. The Kier molecular flexibility index (Phi) is 8.66. The quantitative estimate of drug-likeness (QED) is 0.296. The molecule has 0 aliphatic carbocycles. The molecule has 2 atom stereocenters. The number of fused-ring (bicyclic) bond motifs is 3. The van der Waals surface area contributed by atoms with Gasteiger partial charge in [-0.3, -0.25) is 4.90 Å². The normalized spacial score (nSPS) is 22.5. The molecule has 1 aromatic heterocycles. The number of carbonyl (C=O) groups is 1. The van der Waals surface area contributed by atoms with Gasteiger partial charge in [0.25, 0.3) is 0 Å². The first-order valence-corrected chi connectivity index (χ1v) is 17.2. The van der Waals surface area contributed by atoms with Gasteiger partial charge in [0.15, 0.2) is 0 Å². The van der Waals surface area contributed by atoms with E-state index in [0.29, 0.717) is 50.3 Å². The number of piperazine rings is 1. The molecule has 0 saturated carbocycles. The Bertz CT molecular complexity index is 1690. The third kappa shape index (κ3) is 6.33. The largest absolute Gasteiger partial charge is 0.461 e. The molecule has 0 bridgehead atoms. The lowest BCUT2D eigenvalue weighted by Crippen LogP contribution is -2.56. The second-order valence-corrected chi connectivity index (χ2v) is 14.7. The molecular formula is C36H43ClN6O4. The first-order chi connectivity index (χ1) is 22.6. The number of amides is 1. The first kappa shape index (κ1) is 31.9. The highest BCUT2D eigenvalue weighted by atomic mass is 35.5. The van der Waals surface area contributed by atoms with Crippen LogP contribution < -0.4 is 9.64 Å². The van der Waals surface area contributed by atoms with Crippen LogP contribution in [-0.4, -0.2) is 82.4 Å². The number of rotatable bonds is 6. The first-order valence-electron chi connectivity index (χ1n) is 16.8. The lowest BCUT2D eigenvalue weighted by molar-refractivity contribution is 0.0140. The number of ether oxygens (including phenoxy) is 3. The van der Waals surface area contributed by atoms with E-state index in [2.05, 4.69) is 34.1 Å². The number of nitrogens with zero attached hydrogens (tertiary/aromatic N) is 6. The summed E-state index contributed by atoms with van der Waals surface area (Å²) in [6, 6.07) is 14.4. The number of hydrogen-bond acceptors (Lipinski definition) is 9. The Balaban J connectivity index is 1.21. The van der Waals surface area contributed by atoms with Gasteiger partial charge < -0.3 is 24.0 Å². The summed E-state index contributed by atoms with van der Waals surface area (Å²) in [6.07, 6.45) is 4.73. The zero-order valence-corrected chi connectivity index (χ0v) is 28.3. The lowest BCUT2D eigenvalue weighted by atomic mass is 9.94. The van der Waals surface area contributed by atoms with Crippen molar-refractivity contribution in [2.75, 3.05) is 44.2 Å². The summed E-state index contributed by atoms with van der Waals surface area (Å²) in [4.78, 5) is 29.6. The lowest BCUT2D eigenvalue weighted by Gasteiger charge is -2.42. The minimum atomic E-state index is -0.626. The average Bonchev–Trinajstić information content (AvgIpc) is 3.63. The van der Waals surface area contributed by atoms with Crippen molar-refractivity contribution in [2.24, 2.45) is 0 Å². The van der Waals surface area contributed by atoms with Crippen molar-refractivity contribution in [3.05, 3.63) is 58.2 Å². The summed E-state index contributed by atoms with van der Waals surface area (Å²) in [6.45, 7) is 10.1. The molecule has 47 heavy (non-hydrogen) atoms. The van der Waals surface area contributed by atoms with Crippen LogP contribution in [0.15, 0.2) is 36.4 Å². The topological polar surface area (TPSA) is 104 Å². The van der Waals surface area contributed by atoms with E-state index in [4.69, 9.17) is 35.8 Å². The molecule has 7 rings (SSSR count). The SMILES string of the molecule is CC(C)(C)OC(=O)N1CCN(c2nc(OCC34CCCN3CCC4)nc3c2COC(c2cccc4cccc(Cl)c24)C3)C[C@@H]1CC#N. The van der Waals surface area contributed by atoms with Gasteiger partial charge in [0.2, 0.25) is 0 Å². The molecule has 11 heteroatoms. The molecule has 0 spiro atoms. The number of halogens is 1. The van der Waals surface area contributed by atoms with Crippen LogP contribution in [0.3, 0.4) is 0 Å². The van der Waals surface area contributed by atoms with E-state index >= 15 is 0 Å². The van der Waals surface area contributed by atoms with E-state index in [-0.39, 0.29) is 24.1 Å². The van der Waals surface area contributed by atoms with Gasteiger partial charge in [-0.1, -0.05) is 41.9 Å². The molecule has 2 aromatic carbocycles. The number of carbonyl (C=O) groups excluding carboxylic acids is 1. The van der Waals surface area contributed by atoms with Gasteiger partial charge >= 0.3 is 12.1 Å². The maximum Gasteiger partial charge on any atom is 0.410 e. The maximum absolute atomic E-state index is 13.1. The second kappa shape index (κ2) is 12.8. The second-order valence-electron chi connectivity index (χ2n) is 14.3. The van der Waals surface area contributed by atoms with Crippen LogP contribution in [0.4, 0.5) is 10.6 Å². The Morgan fingerprint density at radius 2 is 1.87 bits per heavy atom. The van der Waals surface area contributed by atoms with Crippen LogP contribution >= 0.6 is 11.6 Å². The molecule has 1 amide bonds. The fraction of sp³-hybridized carbons (Fsp3) is 0.556. The highest BCUT2D eigenvalue weighted by Gasteiger charge is 2.45. The van der Waals surface area contributed by atoms with Gasteiger partial charge in [-0.05, 0) is 76.6 Å².